The maximum absolute atomic E-state index is 12.0. The molecule has 1 N–H and O–H groups in total. The van der Waals surface area contributed by atoms with Crippen LogP contribution in [0, 0.1) is 5.92 Å². The molecule has 1 aliphatic rings. The van der Waals surface area contributed by atoms with Gasteiger partial charge in [0, 0.05) is 25.3 Å². The average molecular weight is 303 g/mol. The summed E-state index contributed by atoms with van der Waals surface area (Å²) in [5.74, 6) is -0.265. The van der Waals surface area contributed by atoms with E-state index >= 15 is 0 Å². The van der Waals surface area contributed by atoms with Crippen LogP contribution >= 0.6 is 0 Å². The first-order chi connectivity index (χ1) is 9.94. The van der Waals surface area contributed by atoms with Gasteiger partial charge in [0.25, 0.3) is 5.91 Å². The lowest BCUT2D eigenvalue weighted by Crippen LogP contribution is -2.32. The SMILES string of the molecule is O=C(NCC1CCOCC1)c1ccc(OC(F)(F)F)cc1. The number of carbonyl (C=O) groups excluding carboxylic acids is 1. The number of carbonyl (C=O) groups is 1. The van der Waals surface area contributed by atoms with E-state index < -0.39 is 6.36 Å². The Hall–Kier alpha value is -1.76. The van der Waals surface area contributed by atoms with Crippen molar-refractivity contribution >= 4 is 5.91 Å². The lowest BCUT2D eigenvalue weighted by molar-refractivity contribution is -0.274. The molecule has 0 aromatic heterocycles. The highest BCUT2D eigenvalue weighted by Crippen LogP contribution is 2.22. The number of benzene rings is 1. The van der Waals surface area contributed by atoms with Gasteiger partial charge in [-0.2, -0.15) is 0 Å². The van der Waals surface area contributed by atoms with Gasteiger partial charge >= 0.3 is 6.36 Å². The molecule has 1 amide bonds. The zero-order chi connectivity index (χ0) is 15.3. The molecule has 0 radical (unpaired) electrons. The molecule has 4 nitrogen and oxygen atoms in total. The van der Waals surface area contributed by atoms with E-state index in [-0.39, 0.29) is 11.7 Å². The van der Waals surface area contributed by atoms with Crippen molar-refractivity contribution in [2.24, 2.45) is 5.92 Å². The molecule has 0 spiro atoms. The van der Waals surface area contributed by atoms with Crippen LogP contribution in [0.15, 0.2) is 24.3 Å². The number of alkyl halides is 3. The summed E-state index contributed by atoms with van der Waals surface area (Å²) in [6, 6.07) is 4.86. The minimum Gasteiger partial charge on any atom is -0.406 e. The zero-order valence-electron chi connectivity index (χ0n) is 11.3. The van der Waals surface area contributed by atoms with Gasteiger partial charge in [0.15, 0.2) is 0 Å². The maximum Gasteiger partial charge on any atom is 0.573 e. The lowest BCUT2D eigenvalue weighted by Gasteiger charge is -2.22. The van der Waals surface area contributed by atoms with Crippen LogP contribution < -0.4 is 10.1 Å². The topological polar surface area (TPSA) is 47.6 Å². The quantitative estimate of drug-likeness (QED) is 0.930. The Morgan fingerprint density at radius 1 is 1.24 bits per heavy atom. The smallest absolute Gasteiger partial charge is 0.406 e. The summed E-state index contributed by atoms with van der Waals surface area (Å²) in [6.45, 7) is 1.94. The first-order valence-electron chi connectivity index (χ1n) is 6.66. The van der Waals surface area contributed by atoms with E-state index in [9.17, 15) is 18.0 Å². The molecule has 7 heteroatoms. The van der Waals surface area contributed by atoms with Crippen molar-refractivity contribution in [2.45, 2.75) is 19.2 Å². The van der Waals surface area contributed by atoms with Crippen molar-refractivity contribution in [1.82, 2.24) is 5.32 Å². The summed E-state index contributed by atoms with van der Waals surface area (Å²) >= 11 is 0. The van der Waals surface area contributed by atoms with Crippen molar-refractivity contribution in [3.05, 3.63) is 29.8 Å². The van der Waals surface area contributed by atoms with Gasteiger partial charge in [-0.25, -0.2) is 0 Å². The van der Waals surface area contributed by atoms with Gasteiger partial charge < -0.3 is 14.8 Å². The van der Waals surface area contributed by atoms with Gasteiger partial charge in [-0.1, -0.05) is 0 Å². The van der Waals surface area contributed by atoms with E-state index in [4.69, 9.17) is 4.74 Å². The molecular weight excluding hydrogens is 287 g/mol. The van der Waals surface area contributed by atoms with Crippen molar-refractivity contribution < 1.29 is 27.4 Å². The summed E-state index contributed by atoms with van der Waals surface area (Å²) in [7, 11) is 0. The number of halogens is 3. The predicted molar refractivity (Wildman–Crippen MR) is 69.0 cm³/mol. The van der Waals surface area contributed by atoms with Crippen molar-refractivity contribution in [2.75, 3.05) is 19.8 Å². The van der Waals surface area contributed by atoms with Crippen LogP contribution in [-0.4, -0.2) is 32.0 Å². The normalized spacial score (nSPS) is 16.5. The Kier molecular flexibility index (Phi) is 5.06. The van der Waals surface area contributed by atoms with Crippen LogP contribution in [0.4, 0.5) is 13.2 Å². The van der Waals surface area contributed by atoms with Crippen LogP contribution in [0.2, 0.25) is 0 Å². The molecule has 0 unspecified atom stereocenters. The first-order valence-corrected chi connectivity index (χ1v) is 6.66. The summed E-state index contributed by atoms with van der Waals surface area (Å²) in [5.41, 5.74) is 0.302. The van der Waals surface area contributed by atoms with Gasteiger partial charge in [-0.15, -0.1) is 13.2 Å². The number of hydrogen-bond donors (Lipinski definition) is 1. The molecule has 1 saturated heterocycles. The van der Waals surface area contributed by atoms with Crippen molar-refractivity contribution in [1.29, 1.82) is 0 Å². The molecule has 0 saturated carbocycles. The summed E-state index contributed by atoms with van der Waals surface area (Å²) in [4.78, 5) is 11.9. The second-order valence-electron chi connectivity index (χ2n) is 4.84. The largest absolute Gasteiger partial charge is 0.573 e. The summed E-state index contributed by atoms with van der Waals surface area (Å²) in [5, 5.41) is 2.78. The highest BCUT2D eigenvalue weighted by Gasteiger charge is 2.31. The fourth-order valence-corrected chi connectivity index (χ4v) is 2.10. The fourth-order valence-electron chi connectivity index (χ4n) is 2.10. The molecule has 1 heterocycles. The van der Waals surface area contributed by atoms with Gasteiger partial charge in [0.05, 0.1) is 0 Å². The standard InChI is InChI=1S/C14H16F3NO3/c15-14(16,17)21-12-3-1-11(2-4-12)13(19)18-9-10-5-7-20-8-6-10/h1-4,10H,5-9H2,(H,18,19). The van der Waals surface area contributed by atoms with Crippen LogP contribution in [0.5, 0.6) is 5.75 Å². The van der Waals surface area contributed by atoms with E-state index in [0.29, 0.717) is 31.2 Å². The molecule has 1 aromatic rings. The summed E-state index contributed by atoms with van der Waals surface area (Å²) in [6.07, 6.45) is -2.93. The Morgan fingerprint density at radius 2 is 1.86 bits per heavy atom. The minimum absolute atomic E-state index is 0.302. The number of hydrogen-bond acceptors (Lipinski definition) is 3. The second kappa shape index (κ2) is 6.80. The first kappa shape index (κ1) is 15.6. The third-order valence-electron chi connectivity index (χ3n) is 3.24. The van der Waals surface area contributed by atoms with E-state index in [1.807, 2.05) is 0 Å². The molecule has 0 bridgehead atoms. The Morgan fingerprint density at radius 3 is 2.43 bits per heavy atom. The molecule has 0 aliphatic carbocycles. The number of amides is 1. The minimum atomic E-state index is -4.73. The second-order valence-corrected chi connectivity index (χ2v) is 4.84. The Balaban J connectivity index is 1.84. The Bertz CT molecular complexity index is 467. The number of ether oxygens (including phenoxy) is 2. The molecule has 1 aromatic carbocycles. The van der Waals surface area contributed by atoms with E-state index in [1.165, 1.54) is 12.1 Å². The Labute approximate surface area is 120 Å². The van der Waals surface area contributed by atoms with Gasteiger partial charge in [0.1, 0.15) is 5.75 Å². The zero-order valence-corrected chi connectivity index (χ0v) is 11.3. The molecular formula is C14H16F3NO3. The lowest BCUT2D eigenvalue weighted by atomic mass is 10.0. The summed E-state index contributed by atoms with van der Waals surface area (Å²) < 4.78 is 45.0. The third kappa shape index (κ3) is 5.26. The monoisotopic (exact) mass is 303 g/mol. The molecule has 0 atom stereocenters. The molecule has 2 rings (SSSR count). The predicted octanol–water partition coefficient (Wildman–Crippen LogP) is 2.74. The highest BCUT2D eigenvalue weighted by atomic mass is 19.4. The van der Waals surface area contributed by atoms with Crippen LogP contribution in [-0.2, 0) is 4.74 Å². The van der Waals surface area contributed by atoms with Crippen molar-refractivity contribution in [3.63, 3.8) is 0 Å². The van der Waals surface area contributed by atoms with Crippen LogP contribution in [0.1, 0.15) is 23.2 Å². The van der Waals surface area contributed by atoms with E-state index in [1.54, 1.807) is 0 Å². The van der Waals surface area contributed by atoms with E-state index in [2.05, 4.69) is 10.1 Å². The van der Waals surface area contributed by atoms with Gasteiger partial charge in [0.2, 0.25) is 0 Å². The van der Waals surface area contributed by atoms with Crippen LogP contribution in [0.3, 0.4) is 0 Å². The molecule has 1 fully saturated rings. The van der Waals surface area contributed by atoms with Crippen molar-refractivity contribution in [3.8, 4) is 5.75 Å². The third-order valence-corrected chi connectivity index (χ3v) is 3.24. The molecule has 116 valence electrons. The fraction of sp³-hybridized carbons (Fsp3) is 0.500. The van der Waals surface area contributed by atoms with Gasteiger partial charge in [-0.05, 0) is 43.0 Å². The molecule has 21 heavy (non-hydrogen) atoms. The average Bonchev–Trinajstić information content (AvgIpc) is 2.45. The van der Waals surface area contributed by atoms with E-state index in [0.717, 1.165) is 25.0 Å². The van der Waals surface area contributed by atoms with Gasteiger partial charge in [-0.3, -0.25) is 4.79 Å². The highest BCUT2D eigenvalue weighted by molar-refractivity contribution is 5.94. The molecule has 1 aliphatic heterocycles. The van der Waals surface area contributed by atoms with Crippen LogP contribution in [0.25, 0.3) is 0 Å². The maximum atomic E-state index is 12.0. The number of rotatable bonds is 4. The number of nitrogens with one attached hydrogen (secondary N) is 1.